The van der Waals surface area contributed by atoms with Crippen LogP contribution in [0.25, 0.3) is 0 Å². The Labute approximate surface area is 91.9 Å². The number of nitrogens with one attached hydrogen (secondary N) is 1. The number of fused-ring (bicyclic) bond motifs is 2. The second-order valence-corrected chi connectivity index (χ2v) is 5.04. The van der Waals surface area contributed by atoms with Crippen LogP contribution >= 0.6 is 0 Å². The summed E-state index contributed by atoms with van der Waals surface area (Å²) in [5.41, 5.74) is 3.80. The maximum absolute atomic E-state index is 3.53. The summed E-state index contributed by atoms with van der Waals surface area (Å²) in [5.74, 6) is 0. The first-order chi connectivity index (χ1) is 7.41. The molecular formula is C14H19N. The average Bonchev–Trinajstić information content (AvgIpc) is 2.48. The quantitative estimate of drug-likeness (QED) is 0.680. The Morgan fingerprint density at radius 2 is 1.93 bits per heavy atom. The van der Waals surface area contributed by atoms with Crippen LogP contribution in [0.2, 0.25) is 0 Å². The minimum Gasteiger partial charge on any atom is -0.317 e. The molecule has 1 N–H and O–H groups in total. The normalized spacial score (nSPS) is 30.1. The molecule has 1 aromatic rings. The Morgan fingerprint density at radius 3 is 2.93 bits per heavy atom. The minimum absolute atomic E-state index is 0.528. The van der Waals surface area contributed by atoms with E-state index < -0.39 is 0 Å². The lowest BCUT2D eigenvalue weighted by Crippen LogP contribution is -2.24. The molecule has 0 amide bonds. The minimum atomic E-state index is 0.528. The Hall–Kier alpha value is -0.820. The molecule has 1 nitrogen and oxygen atoms in total. The third kappa shape index (κ3) is 1.50. The van der Waals surface area contributed by atoms with Gasteiger partial charge in [0.1, 0.15) is 0 Å². The third-order valence-corrected chi connectivity index (χ3v) is 4.25. The van der Waals surface area contributed by atoms with Gasteiger partial charge in [-0.05, 0) is 61.7 Å². The Balaban J connectivity index is 1.99. The van der Waals surface area contributed by atoms with Crippen LogP contribution in [-0.4, -0.2) is 13.1 Å². The fourth-order valence-corrected chi connectivity index (χ4v) is 3.41. The number of rotatable bonds is 0. The van der Waals surface area contributed by atoms with Gasteiger partial charge in [0.2, 0.25) is 0 Å². The lowest BCUT2D eigenvalue weighted by atomic mass is 9.76. The largest absolute Gasteiger partial charge is 0.317 e. The molecule has 0 aromatic heterocycles. The highest BCUT2D eigenvalue weighted by atomic mass is 14.9. The summed E-state index contributed by atoms with van der Waals surface area (Å²) in [4.78, 5) is 0. The molecule has 80 valence electrons. The molecule has 0 bridgehead atoms. The summed E-state index contributed by atoms with van der Waals surface area (Å²) < 4.78 is 0. The molecule has 0 saturated carbocycles. The standard InChI is InChI=1S/C14H19N/c1-2-5-13-12(4-1)6-8-14(13)7-3-10-15-11-9-14/h1-2,4-5,15H,3,6-11H2/t14-/m0/s1. The van der Waals surface area contributed by atoms with Gasteiger partial charge in [-0.3, -0.25) is 0 Å². The van der Waals surface area contributed by atoms with E-state index in [1.165, 1.54) is 45.2 Å². The molecule has 1 saturated heterocycles. The van der Waals surface area contributed by atoms with Gasteiger partial charge in [0.15, 0.2) is 0 Å². The molecule has 1 heteroatoms. The van der Waals surface area contributed by atoms with Crippen molar-refractivity contribution in [1.82, 2.24) is 5.32 Å². The van der Waals surface area contributed by atoms with Gasteiger partial charge in [0.25, 0.3) is 0 Å². The van der Waals surface area contributed by atoms with Gasteiger partial charge in [-0.2, -0.15) is 0 Å². The van der Waals surface area contributed by atoms with Crippen LogP contribution in [0.5, 0.6) is 0 Å². The molecular weight excluding hydrogens is 182 g/mol. The molecule has 3 rings (SSSR count). The van der Waals surface area contributed by atoms with E-state index >= 15 is 0 Å². The van der Waals surface area contributed by atoms with E-state index in [1.54, 1.807) is 11.1 Å². The molecule has 1 aliphatic carbocycles. The van der Waals surface area contributed by atoms with Crippen molar-refractivity contribution in [3.8, 4) is 0 Å². The highest BCUT2D eigenvalue weighted by Crippen LogP contribution is 2.45. The lowest BCUT2D eigenvalue weighted by Gasteiger charge is -2.28. The summed E-state index contributed by atoms with van der Waals surface area (Å²) in [6, 6.07) is 9.09. The van der Waals surface area contributed by atoms with Gasteiger partial charge in [-0.25, -0.2) is 0 Å². The molecule has 2 aliphatic rings. The first-order valence-electron chi connectivity index (χ1n) is 6.20. The van der Waals surface area contributed by atoms with Crippen LogP contribution in [0.4, 0.5) is 0 Å². The predicted molar refractivity (Wildman–Crippen MR) is 63.2 cm³/mol. The molecule has 1 aliphatic heterocycles. The van der Waals surface area contributed by atoms with Crippen molar-refractivity contribution < 1.29 is 0 Å². The van der Waals surface area contributed by atoms with Gasteiger partial charge in [-0.15, -0.1) is 0 Å². The Kier molecular flexibility index (Phi) is 2.28. The third-order valence-electron chi connectivity index (χ3n) is 4.25. The van der Waals surface area contributed by atoms with E-state index in [2.05, 4.69) is 29.6 Å². The highest BCUT2D eigenvalue weighted by molar-refractivity contribution is 5.39. The number of hydrogen-bond donors (Lipinski definition) is 1. The second-order valence-electron chi connectivity index (χ2n) is 5.04. The second kappa shape index (κ2) is 3.64. The summed E-state index contributed by atoms with van der Waals surface area (Å²) in [6.45, 7) is 2.41. The van der Waals surface area contributed by atoms with Crippen LogP contribution in [-0.2, 0) is 11.8 Å². The number of hydrogen-bond acceptors (Lipinski definition) is 1. The number of aryl methyl sites for hydroxylation is 1. The maximum Gasteiger partial charge on any atom is -0.00286 e. The van der Waals surface area contributed by atoms with Crippen molar-refractivity contribution in [2.45, 2.75) is 37.5 Å². The fraction of sp³-hybridized carbons (Fsp3) is 0.571. The lowest BCUT2D eigenvalue weighted by molar-refractivity contribution is 0.379. The van der Waals surface area contributed by atoms with E-state index in [9.17, 15) is 0 Å². The molecule has 1 fully saturated rings. The molecule has 1 atom stereocenters. The van der Waals surface area contributed by atoms with Crippen LogP contribution in [0, 0.1) is 0 Å². The van der Waals surface area contributed by atoms with E-state index in [4.69, 9.17) is 0 Å². The topological polar surface area (TPSA) is 12.0 Å². The van der Waals surface area contributed by atoms with E-state index in [1.807, 2.05) is 0 Å². The van der Waals surface area contributed by atoms with Gasteiger partial charge in [-0.1, -0.05) is 24.3 Å². The monoisotopic (exact) mass is 201 g/mol. The Morgan fingerprint density at radius 1 is 1.00 bits per heavy atom. The first-order valence-corrected chi connectivity index (χ1v) is 6.20. The van der Waals surface area contributed by atoms with Gasteiger partial charge in [0.05, 0.1) is 0 Å². The zero-order valence-corrected chi connectivity index (χ0v) is 9.26. The van der Waals surface area contributed by atoms with Crippen LogP contribution < -0.4 is 5.32 Å². The van der Waals surface area contributed by atoms with Crippen molar-refractivity contribution in [2.75, 3.05) is 13.1 Å². The summed E-state index contributed by atoms with van der Waals surface area (Å²) in [6.07, 6.45) is 6.75. The van der Waals surface area contributed by atoms with Crippen LogP contribution in [0.15, 0.2) is 24.3 Å². The van der Waals surface area contributed by atoms with Crippen molar-refractivity contribution in [2.24, 2.45) is 0 Å². The fourth-order valence-electron chi connectivity index (χ4n) is 3.41. The van der Waals surface area contributed by atoms with E-state index in [0.717, 1.165) is 0 Å². The molecule has 1 aromatic carbocycles. The zero-order valence-electron chi connectivity index (χ0n) is 9.26. The Bertz CT molecular complexity index is 348. The summed E-state index contributed by atoms with van der Waals surface area (Å²) in [5, 5.41) is 3.53. The summed E-state index contributed by atoms with van der Waals surface area (Å²) in [7, 11) is 0. The molecule has 1 spiro atoms. The maximum atomic E-state index is 3.53. The van der Waals surface area contributed by atoms with Gasteiger partial charge in [0, 0.05) is 0 Å². The van der Waals surface area contributed by atoms with Crippen molar-refractivity contribution >= 4 is 0 Å². The SMILES string of the molecule is c1ccc2c(c1)CC[C@]21CCCNCC1. The molecule has 15 heavy (non-hydrogen) atoms. The van der Waals surface area contributed by atoms with Crippen molar-refractivity contribution in [1.29, 1.82) is 0 Å². The first kappa shape index (κ1) is 9.41. The van der Waals surface area contributed by atoms with Crippen molar-refractivity contribution in [3.05, 3.63) is 35.4 Å². The predicted octanol–water partition coefficient (Wildman–Crippen LogP) is 2.64. The molecule has 0 unspecified atom stereocenters. The van der Waals surface area contributed by atoms with Crippen molar-refractivity contribution in [3.63, 3.8) is 0 Å². The smallest absolute Gasteiger partial charge is 0.00286 e. The molecule has 0 radical (unpaired) electrons. The van der Waals surface area contributed by atoms with Crippen LogP contribution in [0.1, 0.15) is 36.8 Å². The summed E-state index contributed by atoms with van der Waals surface area (Å²) >= 11 is 0. The van der Waals surface area contributed by atoms with E-state index in [-0.39, 0.29) is 0 Å². The van der Waals surface area contributed by atoms with Gasteiger partial charge >= 0.3 is 0 Å². The molecule has 1 heterocycles. The van der Waals surface area contributed by atoms with E-state index in [0.29, 0.717) is 5.41 Å². The highest BCUT2D eigenvalue weighted by Gasteiger charge is 2.37. The van der Waals surface area contributed by atoms with Gasteiger partial charge < -0.3 is 5.32 Å². The average molecular weight is 201 g/mol. The number of benzene rings is 1. The zero-order chi connectivity index (χ0) is 10.1. The van der Waals surface area contributed by atoms with Crippen LogP contribution in [0.3, 0.4) is 0 Å².